The van der Waals surface area contributed by atoms with Crippen LogP contribution in [0.3, 0.4) is 0 Å². The minimum absolute atomic E-state index is 0.00602. The summed E-state index contributed by atoms with van der Waals surface area (Å²) in [4.78, 5) is 28.5. The van der Waals surface area contributed by atoms with E-state index in [4.69, 9.17) is 16.3 Å². The maximum absolute atomic E-state index is 12.0. The van der Waals surface area contributed by atoms with Crippen LogP contribution in [-0.4, -0.2) is 23.4 Å². The van der Waals surface area contributed by atoms with E-state index in [1.165, 1.54) is 0 Å². The van der Waals surface area contributed by atoms with Crippen molar-refractivity contribution in [3.05, 3.63) is 75.4 Å². The van der Waals surface area contributed by atoms with E-state index in [1.54, 1.807) is 12.1 Å². The van der Waals surface area contributed by atoms with E-state index >= 15 is 0 Å². The minimum Gasteiger partial charge on any atom is -0.459 e. The molecule has 0 aliphatic rings. The number of aryl methyl sites for hydroxylation is 3. The van der Waals surface area contributed by atoms with Crippen LogP contribution in [0.1, 0.15) is 32.6 Å². The van der Waals surface area contributed by atoms with Gasteiger partial charge in [0.15, 0.2) is 0 Å². The maximum atomic E-state index is 12.0. The van der Waals surface area contributed by atoms with Crippen molar-refractivity contribution in [3.63, 3.8) is 0 Å². The molecule has 6 heteroatoms. The Hall–Kier alpha value is -2.92. The van der Waals surface area contributed by atoms with E-state index in [2.05, 4.69) is 10.3 Å². The molecule has 3 aromatic rings. The van der Waals surface area contributed by atoms with Crippen LogP contribution < -0.4 is 5.32 Å². The first-order valence-electron chi connectivity index (χ1n) is 8.91. The molecule has 0 atom stereocenters. The average molecular weight is 397 g/mol. The van der Waals surface area contributed by atoms with Crippen molar-refractivity contribution in [2.75, 3.05) is 6.54 Å². The van der Waals surface area contributed by atoms with E-state index in [-0.39, 0.29) is 19.1 Å². The zero-order valence-electron chi connectivity index (χ0n) is 16.0. The van der Waals surface area contributed by atoms with Crippen molar-refractivity contribution in [1.82, 2.24) is 10.3 Å². The predicted molar refractivity (Wildman–Crippen MR) is 110 cm³/mol. The Bertz CT molecular complexity index is 1050. The highest BCUT2D eigenvalue weighted by Crippen LogP contribution is 2.25. The normalized spacial score (nSPS) is 10.7. The van der Waals surface area contributed by atoms with Crippen molar-refractivity contribution in [1.29, 1.82) is 0 Å². The molecule has 0 saturated heterocycles. The van der Waals surface area contributed by atoms with Crippen LogP contribution in [0.15, 0.2) is 42.5 Å². The number of nitrogens with one attached hydrogen (secondary N) is 1. The molecule has 0 unspecified atom stereocenters. The van der Waals surface area contributed by atoms with Crippen molar-refractivity contribution in [2.45, 2.75) is 27.4 Å². The lowest BCUT2D eigenvalue weighted by atomic mass is 10.0. The number of halogens is 1. The second kappa shape index (κ2) is 8.40. The summed E-state index contributed by atoms with van der Waals surface area (Å²) in [5.41, 5.74) is 5.22. The van der Waals surface area contributed by atoms with Crippen molar-refractivity contribution in [3.8, 4) is 0 Å². The first-order valence-corrected chi connectivity index (χ1v) is 9.29. The predicted octanol–water partition coefficient (Wildman–Crippen LogP) is 4.29. The fourth-order valence-electron chi connectivity index (χ4n) is 2.77. The second-order valence-corrected chi connectivity index (χ2v) is 7.08. The van der Waals surface area contributed by atoms with Crippen LogP contribution in [0.25, 0.3) is 10.9 Å². The lowest BCUT2D eigenvalue weighted by molar-refractivity contribution is -0.143. The molecule has 1 amide bonds. The van der Waals surface area contributed by atoms with Crippen LogP contribution in [0.5, 0.6) is 0 Å². The summed E-state index contributed by atoms with van der Waals surface area (Å²) < 4.78 is 5.24. The second-order valence-electron chi connectivity index (χ2n) is 6.73. The van der Waals surface area contributed by atoms with Gasteiger partial charge in [0.1, 0.15) is 18.3 Å². The van der Waals surface area contributed by atoms with Gasteiger partial charge in [-0.2, -0.15) is 0 Å². The number of ether oxygens (including phenoxy) is 1. The van der Waals surface area contributed by atoms with Crippen molar-refractivity contribution >= 4 is 34.4 Å². The Kier molecular flexibility index (Phi) is 5.95. The van der Waals surface area contributed by atoms with Crippen LogP contribution in [0.2, 0.25) is 5.15 Å². The van der Waals surface area contributed by atoms with Crippen molar-refractivity contribution in [2.24, 2.45) is 0 Å². The van der Waals surface area contributed by atoms with Gasteiger partial charge in [-0.1, -0.05) is 41.4 Å². The Morgan fingerprint density at radius 2 is 1.79 bits per heavy atom. The molecular weight excluding hydrogens is 376 g/mol. The number of aromatic nitrogens is 1. The molecule has 1 heterocycles. The van der Waals surface area contributed by atoms with Gasteiger partial charge in [0.25, 0.3) is 5.91 Å². The number of nitrogens with zero attached hydrogens (tertiary/aromatic N) is 1. The summed E-state index contributed by atoms with van der Waals surface area (Å²) in [6.07, 6.45) is 0. The molecule has 0 spiro atoms. The maximum Gasteiger partial charge on any atom is 0.325 e. The first-order chi connectivity index (χ1) is 13.3. The molecule has 2 aromatic carbocycles. The number of hydrogen-bond acceptors (Lipinski definition) is 4. The van der Waals surface area contributed by atoms with Crippen LogP contribution in [0, 0.1) is 20.8 Å². The third-order valence-corrected chi connectivity index (χ3v) is 4.96. The molecule has 5 nitrogen and oxygen atoms in total. The number of esters is 1. The number of amides is 1. The molecule has 1 N–H and O–H groups in total. The first kappa shape index (κ1) is 19.8. The van der Waals surface area contributed by atoms with E-state index in [1.807, 2.05) is 51.1 Å². The third-order valence-electron chi connectivity index (χ3n) is 4.63. The van der Waals surface area contributed by atoms with Gasteiger partial charge in [-0.15, -0.1) is 0 Å². The molecular formula is C22H21ClN2O3. The Balaban J connectivity index is 1.60. The molecule has 0 bridgehead atoms. The van der Waals surface area contributed by atoms with E-state index in [9.17, 15) is 9.59 Å². The summed E-state index contributed by atoms with van der Waals surface area (Å²) in [6.45, 7) is 5.73. The quantitative estimate of drug-likeness (QED) is 0.516. The van der Waals surface area contributed by atoms with Gasteiger partial charge in [0.2, 0.25) is 0 Å². The molecule has 28 heavy (non-hydrogen) atoms. The molecule has 144 valence electrons. The van der Waals surface area contributed by atoms with Crippen molar-refractivity contribution < 1.29 is 14.3 Å². The molecule has 0 aliphatic heterocycles. The SMILES string of the molecule is Cc1ccc(C(=O)NCC(=O)OCc2cc3ccc(C)c(C)c3nc2Cl)cc1. The minimum atomic E-state index is -0.545. The molecule has 0 radical (unpaired) electrons. The van der Waals surface area contributed by atoms with Gasteiger partial charge in [-0.05, 0) is 50.1 Å². The highest BCUT2D eigenvalue weighted by molar-refractivity contribution is 6.30. The van der Waals surface area contributed by atoms with E-state index in [0.29, 0.717) is 16.3 Å². The largest absolute Gasteiger partial charge is 0.459 e. The summed E-state index contributed by atoms with van der Waals surface area (Å²) >= 11 is 6.26. The number of carbonyl (C=O) groups excluding carboxylic acids is 2. The van der Waals surface area contributed by atoms with Crippen LogP contribution in [0.4, 0.5) is 0 Å². The van der Waals surface area contributed by atoms with E-state index in [0.717, 1.165) is 27.6 Å². The van der Waals surface area contributed by atoms with Crippen LogP contribution in [-0.2, 0) is 16.1 Å². The Labute approximate surface area is 168 Å². The number of fused-ring (bicyclic) bond motifs is 1. The third kappa shape index (κ3) is 4.49. The molecule has 0 aliphatic carbocycles. The topological polar surface area (TPSA) is 68.3 Å². The standard InChI is InChI=1S/C22H21ClN2O3/c1-13-4-7-16(8-5-13)22(27)24-11-19(26)28-12-18-10-17-9-6-14(2)15(3)20(17)25-21(18)23/h4-10H,11-12H2,1-3H3,(H,24,27). The number of pyridine rings is 1. The fraction of sp³-hybridized carbons (Fsp3) is 0.227. The van der Waals surface area contributed by atoms with Gasteiger partial charge >= 0.3 is 5.97 Å². The van der Waals surface area contributed by atoms with Gasteiger partial charge in [-0.3, -0.25) is 9.59 Å². The highest BCUT2D eigenvalue weighted by Gasteiger charge is 2.12. The van der Waals surface area contributed by atoms with Gasteiger partial charge in [0, 0.05) is 16.5 Å². The lowest BCUT2D eigenvalue weighted by Gasteiger charge is -2.10. The van der Waals surface area contributed by atoms with Crippen LogP contribution >= 0.6 is 11.6 Å². The number of carbonyl (C=O) groups is 2. The summed E-state index contributed by atoms with van der Waals surface area (Å²) in [5, 5.41) is 3.79. The number of hydrogen-bond donors (Lipinski definition) is 1. The summed E-state index contributed by atoms with van der Waals surface area (Å²) in [5.74, 6) is -0.870. The highest BCUT2D eigenvalue weighted by atomic mass is 35.5. The number of benzene rings is 2. The van der Waals surface area contributed by atoms with E-state index < -0.39 is 5.97 Å². The fourth-order valence-corrected chi connectivity index (χ4v) is 2.97. The monoisotopic (exact) mass is 396 g/mol. The lowest BCUT2D eigenvalue weighted by Crippen LogP contribution is -2.30. The summed E-state index contributed by atoms with van der Waals surface area (Å²) in [6, 6.07) is 12.9. The number of rotatable bonds is 5. The molecule has 3 rings (SSSR count). The zero-order valence-corrected chi connectivity index (χ0v) is 16.8. The molecule has 1 aromatic heterocycles. The van der Waals surface area contributed by atoms with Gasteiger partial charge in [-0.25, -0.2) is 4.98 Å². The molecule has 0 saturated carbocycles. The average Bonchev–Trinajstić information content (AvgIpc) is 2.68. The Morgan fingerprint density at radius 3 is 2.50 bits per heavy atom. The zero-order chi connectivity index (χ0) is 20.3. The molecule has 0 fully saturated rings. The smallest absolute Gasteiger partial charge is 0.325 e. The van der Waals surface area contributed by atoms with Gasteiger partial charge < -0.3 is 10.1 Å². The summed E-state index contributed by atoms with van der Waals surface area (Å²) in [7, 11) is 0. The van der Waals surface area contributed by atoms with Gasteiger partial charge in [0.05, 0.1) is 5.52 Å². The Morgan fingerprint density at radius 1 is 1.07 bits per heavy atom.